The Kier molecular flexibility index (Phi) is 5.49. The Balaban J connectivity index is 1.39. The fraction of sp³-hybridized carbons (Fsp3) is 0. The Labute approximate surface area is 238 Å². The molecule has 0 aliphatic rings. The molecule has 0 radical (unpaired) electrons. The lowest BCUT2D eigenvalue weighted by molar-refractivity contribution is 1.34. The molecule has 2 heteroatoms. The maximum atomic E-state index is 4.94. The molecule has 1 aromatic heterocycles. The fourth-order valence-corrected chi connectivity index (χ4v) is 6.11. The molecule has 2 nitrogen and oxygen atoms in total. The van der Waals surface area contributed by atoms with Gasteiger partial charge in [0.05, 0.1) is 11.0 Å². The Morgan fingerprint density at radius 3 is 1.49 bits per heavy atom. The number of hydrogen-bond acceptors (Lipinski definition) is 1. The summed E-state index contributed by atoms with van der Waals surface area (Å²) in [7, 11) is 0. The predicted octanol–water partition coefficient (Wildman–Crippen LogP) is 10.5. The van der Waals surface area contributed by atoms with Crippen LogP contribution in [-0.2, 0) is 0 Å². The van der Waals surface area contributed by atoms with Crippen molar-refractivity contribution in [2.45, 2.75) is 0 Å². The standard InChI is InChI=1S/C39H26N2/c1-4-12-26(13-5-1)37-31-18-10-11-19-32(31)38(27-14-6-2-7-15-27)34-24-29(20-22-33(34)37)30-21-23-35-36(25-30)41-39(40-35)28-16-8-3-9-17-28/h1-25H,(H,40,41). The molecule has 0 atom stereocenters. The van der Waals surface area contributed by atoms with E-state index in [1.54, 1.807) is 0 Å². The lowest BCUT2D eigenvalue weighted by Gasteiger charge is -2.18. The molecule has 0 aliphatic heterocycles. The van der Waals surface area contributed by atoms with Gasteiger partial charge in [-0.05, 0) is 73.1 Å². The second kappa shape index (κ2) is 9.62. The second-order valence-corrected chi connectivity index (χ2v) is 10.5. The van der Waals surface area contributed by atoms with Crippen molar-refractivity contribution in [3.63, 3.8) is 0 Å². The first kappa shape index (κ1) is 23.4. The molecule has 0 aliphatic carbocycles. The van der Waals surface area contributed by atoms with Crippen molar-refractivity contribution in [1.82, 2.24) is 9.97 Å². The molecular formula is C39H26N2. The third-order valence-electron chi connectivity index (χ3n) is 8.01. The van der Waals surface area contributed by atoms with Crippen LogP contribution in [0.3, 0.4) is 0 Å². The van der Waals surface area contributed by atoms with Crippen LogP contribution in [0.15, 0.2) is 152 Å². The monoisotopic (exact) mass is 522 g/mol. The number of H-pyrrole nitrogens is 1. The Morgan fingerprint density at radius 2 is 0.854 bits per heavy atom. The van der Waals surface area contributed by atoms with Gasteiger partial charge in [-0.15, -0.1) is 0 Å². The van der Waals surface area contributed by atoms with E-state index in [0.717, 1.165) is 28.0 Å². The van der Waals surface area contributed by atoms with E-state index in [1.165, 1.54) is 49.4 Å². The zero-order valence-electron chi connectivity index (χ0n) is 22.4. The van der Waals surface area contributed by atoms with Gasteiger partial charge in [-0.3, -0.25) is 0 Å². The number of hydrogen-bond donors (Lipinski definition) is 1. The minimum Gasteiger partial charge on any atom is -0.338 e. The van der Waals surface area contributed by atoms with E-state index in [1.807, 2.05) is 18.2 Å². The van der Waals surface area contributed by atoms with Gasteiger partial charge in [0.15, 0.2) is 0 Å². The minimum absolute atomic E-state index is 0.890. The van der Waals surface area contributed by atoms with E-state index in [4.69, 9.17) is 4.98 Å². The van der Waals surface area contributed by atoms with Gasteiger partial charge in [-0.1, -0.05) is 133 Å². The van der Waals surface area contributed by atoms with E-state index in [9.17, 15) is 0 Å². The summed E-state index contributed by atoms with van der Waals surface area (Å²) in [5.74, 6) is 0.890. The highest BCUT2D eigenvalue weighted by Crippen LogP contribution is 2.44. The molecule has 192 valence electrons. The van der Waals surface area contributed by atoms with Gasteiger partial charge in [-0.2, -0.15) is 0 Å². The van der Waals surface area contributed by atoms with Gasteiger partial charge in [0, 0.05) is 5.56 Å². The van der Waals surface area contributed by atoms with Gasteiger partial charge in [-0.25, -0.2) is 4.98 Å². The number of aromatic nitrogens is 2. The molecule has 0 saturated carbocycles. The molecule has 8 aromatic rings. The number of rotatable bonds is 4. The summed E-state index contributed by atoms with van der Waals surface area (Å²) < 4.78 is 0. The molecule has 7 aromatic carbocycles. The van der Waals surface area contributed by atoms with E-state index < -0.39 is 0 Å². The molecule has 0 saturated heterocycles. The van der Waals surface area contributed by atoms with E-state index in [0.29, 0.717) is 0 Å². The summed E-state index contributed by atoms with van der Waals surface area (Å²) in [6, 6.07) is 54.1. The molecule has 0 spiro atoms. The van der Waals surface area contributed by atoms with Crippen LogP contribution in [0.25, 0.3) is 77.3 Å². The van der Waals surface area contributed by atoms with Crippen molar-refractivity contribution in [2.75, 3.05) is 0 Å². The lowest BCUT2D eigenvalue weighted by Crippen LogP contribution is -1.91. The van der Waals surface area contributed by atoms with E-state index >= 15 is 0 Å². The Morgan fingerprint density at radius 1 is 0.366 bits per heavy atom. The average molecular weight is 523 g/mol. The predicted molar refractivity (Wildman–Crippen MR) is 173 cm³/mol. The molecule has 1 heterocycles. The average Bonchev–Trinajstić information content (AvgIpc) is 3.48. The normalized spacial score (nSPS) is 11.4. The van der Waals surface area contributed by atoms with Crippen molar-refractivity contribution in [1.29, 1.82) is 0 Å². The highest BCUT2D eigenvalue weighted by Gasteiger charge is 2.17. The number of aromatic amines is 1. The van der Waals surface area contributed by atoms with Crippen LogP contribution in [0, 0.1) is 0 Å². The number of nitrogens with one attached hydrogen (secondary N) is 1. The minimum atomic E-state index is 0.890. The number of nitrogens with zero attached hydrogens (tertiary/aromatic N) is 1. The summed E-state index contributed by atoms with van der Waals surface area (Å²) in [6.45, 7) is 0. The first-order chi connectivity index (χ1) is 20.3. The maximum absolute atomic E-state index is 4.94. The van der Waals surface area contributed by atoms with Crippen LogP contribution in [0.1, 0.15) is 0 Å². The van der Waals surface area contributed by atoms with Crippen molar-refractivity contribution >= 4 is 32.6 Å². The summed E-state index contributed by atoms with van der Waals surface area (Å²) in [5.41, 5.74) is 10.4. The molecule has 41 heavy (non-hydrogen) atoms. The van der Waals surface area contributed by atoms with Crippen LogP contribution >= 0.6 is 0 Å². The molecular weight excluding hydrogens is 496 g/mol. The quantitative estimate of drug-likeness (QED) is 0.229. The van der Waals surface area contributed by atoms with Gasteiger partial charge in [0.25, 0.3) is 0 Å². The smallest absolute Gasteiger partial charge is 0.138 e. The zero-order chi connectivity index (χ0) is 27.2. The molecule has 0 bridgehead atoms. The van der Waals surface area contributed by atoms with Crippen molar-refractivity contribution in [3.05, 3.63) is 152 Å². The Hall–Kier alpha value is -5.47. The second-order valence-electron chi connectivity index (χ2n) is 10.5. The molecule has 0 unspecified atom stereocenters. The van der Waals surface area contributed by atoms with Crippen molar-refractivity contribution in [3.8, 4) is 44.8 Å². The largest absolute Gasteiger partial charge is 0.338 e. The third kappa shape index (κ3) is 4.00. The molecule has 8 rings (SSSR count). The first-order valence-electron chi connectivity index (χ1n) is 14.0. The summed E-state index contributed by atoms with van der Waals surface area (Å²) in [5, 5.41) is 5.03. The van der Waals surface area contributed by atoms with Gasteiger partial charge in [0.2, 0.25) is 0 Å². The highest BCUT2D eigenvalue weighted by molar-refractivity contribution is 6.22. The van der Waals surface area contributed by atoms with Gasteiger partial charge in [0.1, 0.15) is 5.82 Å². The van der Waals surface area contributed by atoms with Crippen molar-refractivity contribution < 1.29 is 0 Å². The molecule has 1 N–H and O–H groups in total. The summed E-state index contributed by atoms with van der Waals surface area (Å²) in [4.78, 5) is 8.42. The van der Waals surface area contributed by atoms with Gasteiger partial charge < -0.3 is 4.98 Å². The van der Waals surface area contributed by atoms with E-state index in [-0.39, 0.29) is 0 Å². The summed E-state index contributed by atoms with van der Waals surface area (Å²) >= 11 is 0. The van der Waals surface area contributed by atoms with E-state index in [2.05, 4.69) is 138 Å². The number of fused-ring (bicyclic) bond motifs is 3. The van der Waals surface area contributed by atoms with Crippen LogP contribution < -0.4 is 0 Å². The molecule has 0 fully saturated rings. The first-order valence-corrected chi connectivity index (χ1v) is 14.0. The van der Waals surface area contributed by atoms with Crippen LogP contribution in [0.4, 0.5) is 0 Å². The topological polar surface area (TPSA) is 28.7 Å². The SMILES string of the molecule is c1ccc(-c2nc3cc(-c4ccc5c(-c6ccccc6)c6ccccc6c(-c6ccccc6)c5c4)ccc3[nH]2)cc1. The molecule has 0 amide bonds. The number of imidazole rings is 1. The third-order valence-corrected chi connectivity index (χ3v) is 8.01. The zero-order valence-corrected chi connectivity index (χ0v) is 22.4. The van der Waals surface area contributed by atoms with Crippen molar-refractivity contribution in [2.24, 2.45) is 0 Å². The highest BCUT2D eigenvalue weighted by atomic mass is 14.9. The maximum Gasteiger partial charge on any atom is 0.138 e. The van der Waals surface area contributed by atoms with Crippen LogP contribution in [0.5, 0.6) is 0 Å². The van der Waals surface area contributed by atoms with Crippen LogP contribution in [0.2, 0.25) is 0 Å². The fourth-order valence-electron chi connectivity index (χ4n) is 6.11. The lowest BCUT2D eigenvalue weighted by atomic mass is 9.85. The number of benzene rings is 7. The van der Waals surface area contributed by atoms with Gasteiger partial charge >= 0.3 is 0 Å². The van der Waals surface area contributed by atoms with Crippen LogP contribution in [-0.4, -0.2) is 9.97 Å². The summed E-state index contributed by atoms with van der Waals surface area (Å²) in [6.07, 6.45) is 0. The Bertz CT molecular complexity index is 2180.